The Bertz CT molecular complexity index is 449. The largest absolute Gasteiger partial charge is 0.453 e. The van der Waals surface area contributed by atoms with Gasteiger partial charge in [0, 0.05) is 12.8 Å². The molecule has 0 radical (unpaired) electrons. The van der Waals surface area contributed by atoms with Gasteiger partial charge in [-0.3, -0.25) is 0 Å². The SMILES string of the molecule is CC.CC.CCOC(N)=O.COC(N)=O.N=CC1=CC=CC(/C=C/CN)N1. The monoisotopic (exact) mass is 387 g/mol. The summed E-state index contributed by atoms with van der Waals surface area (Å²) in [7, 11) is 1.22. The number of nitrogens with one attached hydrogen (secondary N) is 2. The number of hydrogen-bond donors (Lipinski definition) is 5. The van der Waals surface area contributed by atoms with Gasteiger partial charge in [0.15, 0.2) is 0 Å². The predicted octanol–water partition coefficient (Wildman–Crippen LogP) is 2.43. The summed E-state index contributed by atoms with van der Waals surface area (Å²) >= 11 is 0. The molecule has 158 valence electrons. The van der Waals surface area contributed by atoms with Crippen LogP contribution in [0.5, 0.6) is 0 Å². The van der Waals surface area contributed by atoms with Crippen LogP contribution < -0.4 is 22.5 Å². The van der Waals surface area contributed by atoms with Gasteiger partial charge in [0.25, 0.3) is 0 Å². The molecule has 9 heteroatoms. The molecule has 1 heterocycles. The van der Waals surface area contributed by atoms with E-state index in [0.717, 1.165) is 5.70 Å². The van der Waals surface area contributed by atoms with Gasteiger partial charge in [-0.2, -0.15) is 0 Å². The highest BCUT2D eigenvalue weighted by Crippen LogP contribution is 2.01. The molecular weight excluding hydrogens is 350 g/mol. The minimum atomic E-state index is -0.745. The summed E-state index contributed by atoms with van der Waals surface area (Å²) in [5, 5.41) is 10.2. The van der Waals surface area contributed by atoms with E-state index in [4.69, 9.17) is 11.1 Å². The zero-order chi connectivity index (χ0) is 22.1. The van der Waals surface area contributed by atoms with E-state index in [0.29, 0.717) is 13.2 Å². The second-order valence-corrected chi connectivity index (χ2v) is 3.76. The Morgan fingerprint density at radius 1 is 1.22 bits per heavy atom. The molecule has 0 saturated carbocycles. The Balaban J connectivity index is -0.000000149. The minimum absolute atomic E-state index is 0.176. The molecule has 0 aromatic heterocycles. The lowest BCUT2D eigenvalue weighted by atomic mass is 10.1. The Labute approximate surface area is 163 Å². The molecule has 0 aromatic carbocycles. The van der Waals surface area contributed by atoms with E-state index < -0.39 is 12.2 Å². The third-order valence-corrected chi connectivity index (χ3v) is 2.05. The number of allylic oxidation sites excluding steroid dienone is 3. The average Bonchev–Trinajstić information content (AvgIpc) is 2.70. The molecular formula is C18H37N5O4. The number of carbonyl (C=O) groups is 2. The van der Waals surface area contributed by atoms with Crippen molar-refractivity contribution in [1.29, 1.82) is 5.41 Å². The summed E-state index contributed by atoms with van der Waals surface area (Å²) in [6.07, 6.45) is 9.53. The van der Waals surface area contributed by atoms with Crippen LogP contribution in [0.4, 0.5) is 9.59 Å². The van der Waals surface area contributed by atoms with Crippen LogP contribution in [0.15, 0.2) is 36.1 Å². The van der Waals surface area contributed by atoms with Crippen LogP contribution in [0.25, 0.3) is 0 Å². The van der Waals surface area contributed by atoms with Crippen LogP contribution in [0.1, 0.15) is 34.6 Å². The fourth-order valence-electron chi connectivity index (χ4n) is 1.14. The molecule has 2 amide bonds. The molecule has 0 saturated heterocycles. The van der Waals surface area contributed by atoms with Gasteiger partial charge in [0.2, 0.25) is 0 Å². The van der Waals surface area contributed by atoms with Crippen molar-refractivity contribution in [3.05, 3.63) is 36.1 Å². The maximum Gasteiger partial charge on any atom is 0.404 e. The third kappa shape index (κ3) is 31.5. The first-order valence-electron chi connectivity index (χ1n) is 8.69. The molecule has 1 atom stereocenters. The topological polar surface area (TPSA) is 167 Å². The van der Waals surface area contributed by atoms with Crippen molar-refractivity contribution in [2.45, 2.75) is 40.7 Å². The molecule has 0 aliphatic carbocycles. The lowest BCUT2D eigenvalue weighted by molar-refractivity contribution is 0.163. The van der Waals surface area contributed by atoms with Crippen LogP contribution >= 0.6 is 0 Å². The molecule has 0 spiro atoms. The van der Waals surface area contributed by atoms with Crippen molar-refractivity contribution >= 4 is 18.4 Å². The number of nitrogens with two attached hydrogens (primary N) is 3. The minimum Gasteiger partial charge on any atom is -0.453 e. The van der Waals surface area contributed by atoms with Crippen LogP contribution in [0, 0.1) is 5.41 Å². The van der Waals surface area contributed by atoms with Gasteiger partial charge in [-0.15, -0.1) is 0 Å². The van der Waals surface area contributed by atoms with E-state index in [-0.39, 0.29) is 6.04 Å². The first kappa shape index (κ1) is 31.9. The fourth-order valence-corrected chi connectivity index (χ4v) is 1.14. The standard InChI is InChI=1S/C9H13N3.C3H7NO2.C2H5NO2.2C2H6/c10-6-2-5-8-3-1-4-9(7-11)12-8;1-2-6-3(4)5;1-5-2(3)4;2*1-2/h1-5,7-8,11-12H,6,10H2;2H2,1H3,(H2,4,5);1H3,(H2,3,4);2*1-2H3/b5-2+,11-7?;;;;. The van der Waals surface area contributed by atoms with Crippen LogP contribution in [0.2, 0.25) is 0 Å². The Kier molecular flexibility index (Phi) is 33.1. The second-order valence-electron chi connectivity index (χ2n) is 3.76. The molecule has 0 bridgehead atoms. The summed E-state index contributed by atoms with van der Waals surface area (Å²) in [6.45, 7) is 10.6. The molecule has 0 fully saturated rings. The summed E-state index contributed by atoms with van der Waals surface area (Å²) in [5.41, 5.74) is 15.1. The number of carbonyl (C=O) groups excluding carboxylic acids is 2. The van der Waals surface area contributed by atoms with Gasteiger partial charge < -0.3 is 37.4 Å². The van der Waals surface area contributed by atoms with Crippen LogP contribution in [-0.2, 0) is 9.47 Å². The van der Waals surface area contributed by atoms with Gasteiger partial charge in [-0.25, -0.2) is 9.59 Å². The predicted molar refractivity (Wildman–Crippen MR) is 112 cm³/mol. The first-order valence-corrected chi connectivity index (χ1v) is 8.69. The van der Waals surface area contributed by atoms with E-state index >= 15 is 0 Å². The third-order valence-electron chi connectivity index (χ3n) is 2.05. The number of rotatable bonds is 4. The molecule has 8 N–H and O–H groups in total. The molecule has 27 heavy (non-hydrogen) atoms. The molecule has 1 rings (SSSR count). The zero-order valence-electron chi connectivity index (χ0n) is 17.3. The fraction of sp³-hybridized carbons (Fsp3) is 0.500. The normalized spacial score (nSPS) is 13.1. The molecule has 0 aromatic rings. The van der Waals surface area contributed by atoms with Crippen molar-refractivity contribution in [3.8, 4) is 0 Å². The summed E-state index contributed by atoms with van der Waals surface area (Å²) < 4.78 is 8.07. The summed E-state index contributed by atoms with van der Waals surface area (Å²) in [6, 6.07) is 0.176. The number of methoxy groups -OCH3 is 1. The molecule has 9 nitrogen and oxygen atoms in total. The first-order chi connectivity index (χ1) is 12.9. The van der Waals surface area contributed by atoms with Gasteiger partial charge >= 0.3 is 12.2 Å². The lowest BCUT2D eigenvalue weighted by Gasteiger charge is -2.15. The smallest absolute Gasteiger partial charge is 0.404 e. The summed E-state index contributed by atoms with van der Waals surface area (Å²) in [4.78, 5) is 19.0. The number of dihydropyridines is 1. The van der Waals surface area contributed by atoms with Crippen molar-refractivity contribution in [1.82, 2.24) is 5.32 Å². The Hall–Kier alpha value is -2.81. The molecule has 1 aliphatic heterocycles. The zero-order valence-corrected chi connectivity index (χ0v) is 17.3. The number of hydrogen-bond acceptors (Lipinski definition) is 7. The molecule has 1 unspecified atom stereocenters. The van der Waals surface area contributed by atoms with Crippen molar-refractivity contribution in [2.24, 2.45) is 17.2 Å². The van der Waals surface area contributed by atoms with Crippen molar-refractivity contribution in [2.75, 3.05) is 20.3 Å². The Morgan fingerprint density at radius 2 is 1.74 bits per heavy atom. The average molecular weight is 388 g/mol. The van der Waals surface area contributed by atoms with Crippen LogP contribution in [-0.4, -0.2) is 44.7 Å². The number of amides is 2. The second kappa shape index (κ2) is 28.0. The van der Waals surface area contributed by atoms with E-state index in [1.165, 1.54) is 13.3 Å². The van der Waals surface area contributed by atoms with Gasteiger partial charge in [-0.05, 0) is 13.0 Å². The van der Waals surface area contributed by atoms with Crippen molar-refractivity contribution in [3.63, 3.8) is 0 Å². The van der Waals surface area contributed by atoms with E-state index in [2.05, 4.69) is 26.3 Å². The van der Waals surface area contributed by atoms with E-state index in [1.54, 1.807) is 6.92 Å². The lowest BCUT2D eigenvalue weighted by Crippen LogP contribution is -2.27. The van der Waals surface area contributed by atoms with Crippen molar-refractivity contribution < 1.29 is 19.1 Å². The van der Waals surface area contributed by atoms with Crippen LogP contribution in [0.3, 0.4) is 0 Å². The molecule has 1 aliphatic rings. The summed E-state index contributed by atoms with van der Waals surface area (Å²) in [5.74, 6) is 0. The van der Waals surface area contributed by atoms with Gasteiger partial charge in [-0.1, -0.05) is 52.0 Å². The van der Waals surface area contributed by atoms with Gasteiger partial charge in [0.05, 0.1) is 25.5 Å². The van der Waals surface area contributed by atoms with E-state index in [1.807, 2.05) is 58.1 Å². The quantitative estimate of drug-likeness (QED) is 0.367. The number of primary amides is 2. The number of ether oxygens (including phenoxy) is 2. The highest BCUT2D eigenvalue weighted by atomic mass is 16.5. The Morgan fingerprint density at radius 3 is 2.04 bits per heavy atom. The maximum atomic E-state index is 9.60. The maximum absolute atomic E-state index is 9.60. The van der Waals surface area contributed by atoms with Gasteiger partial charge in [0.1, 0.15) is 0 Å². The highest BCUT2D eigenvalue weighted by Gasteiger charge is 2.02. The highest BCUT2D eigenvalue weighted by molar-refractivity contribution is 5.76. The van der Waals surface area contributed by atoms with E-state index in [9.17, 15) is 9.59 Å².